The van der Waals surface area contributed by atoms with E-state index < -0.39 is 11.8 Å². The molecule has 0 amide bonds. The molecule has 1 N–H and O–H groups in total. The van der Waals surface area contributed by atoms with E-state index in [2.05, 4.69) is 0 Å². The van der Waals surface area contributed by atoms with Gasteiger partial charge in [0.05, 0.1) is 12.1 Å². The van der Waals surface area contributed by atoms with Gasteiger partial charge in [-0.05, 0) is 23.8 Å². The van der Waals surface area contributed by atoms with Gasteiger partial charge >= 0.3 is 5.97 Å². The molecule has 0 unspecified atom stereocenters. The molecule has 92 valence electrons. The molecular formula is C13H10FNO3. The summed E-state index contributed by atoms with van der Waals surface area (Å²) in [6, 6.07) is 8.25. The molecule has 0 saturated carbocycles. The van der Waals surface area contributed by atoms with Crippen LogP contribution in [-0.4, -0.2) is 15.6 Å². The summed E-state index contributed by atoms with van der Waals surface area (Å²) in [6.07, 6.45) is 1.25. The average molecular weight is 247 g/mol. The van der Waals surface area contributed by atoms with E-state index >= 15 is 0 Å². The SMILES string of the molecule is O=C(O)c1ccc(=O)n(Cc2cccc(F)c2)c1. The second-order valence-corrected chi connectivity index (χ2v) is 3.82. The molecule has 2 aromatic rings. The van der Waals surface area contributed by atoms with E-state index in [0.717, 1.165) is 0 Å². The van der Waals surface area contributed by atoms with Crippen molar-refractivity contribution < 1.29 is 14.3 Å². The highest BCUT2D eigenvalue weighted by Crippen LogP contribution is 2.05. The molecule has 4 nitrogen and oxygen atoms in total. The number of rotatable bonds is 3. The van der Waals surface area contributed by atoms with Gasteiger partial charge in [0.2, 0.25) is 0 Å². The highest BCUT2D eigenvalue weighted by Gasteiger charge is 2.06. The number of carboxylic acids is 1. The molecule has 2 rings (SSSR count). The molecule has 1 aromatic carbocycles. The van der Waals surface area contributed by atoms with E-state index in [4.69, 9.17) is 5.11 Å². The van der Waals surface area contributed by atoms with Crippen molar-refractivity contribution in [2.45, 2.75) is 6.54 Å². The number of nitrogens with zero attached hydrogens (tertiary/aromatic N) is 1. The van der Waals surface area contributed by atoms with Gasteiger partial charge in [0.1, 0.15) is 5.82 Å². The van der Waals surface area contributed by atoms with E-state index in [-0.39, 0.29) is 17.7 Å². The Morgan fingerprint density at radius 2 is 2.06 bits per heavy atom. The van der Waals surface area contributed by atoms with E-state index in [1.54, 1.807) is 6.07 Å². The summed E-state index contributed by atoms with van der Waals surface area (Å²) >= 11 is 0. The zero-order valence-electron chi connectivity index (χ0n) is 9.34. The average Bonchev–Trinajstić information content (AvgIpc) is 2.31. The second-order valence-electron chi connectivity index (χ2n) is 3.82. The Labute approximate surface area is 102 Å². The quantitative estimate of drug-likeness (QED) is 0.898. The molecule has 0 radical (unpaired) electrons. The monoisotopic (exact) mass is 247 g/mol. The topological polar surface area (TPSA) is 59.3 Å². The Morgan fingerprint density at radius 1 is 1.28 bits per heavy atom. The lowest BCUT2D eigenvalue weighted by Gasteiger charge is -2.06. The van der Waals surface area contributed by atoms with Crippen LogP contribution in [0.1, 0.15) is 15.9 Å². The van der Waals surface area contributed by atoms with Gasteiger partial charge in [-0.15, -0.1) is 0 Å². The van der Waals surface area contributed by atoms with Crippen LogP contribution in [0.5, 0.6) is 0 Å². The zero-order valence-corrected chi connectivity index (χ0v) is 9.34. The Hall–Kier alpha value is -2.43. The number of hydrogen-bond donors (Lipinski definition) is 1. The number of aromatic nitrogens is 1. The summed E-state index contributed by atoms with van der Waals surface area (Å²) in [5, 5.41) is 8.83. The minimum Gasteiger partial charge on any atom is -0.478 e. The van der Waals surface area contributed by atoms with Crippen molar-refractivity contribution in [3.63, 3.8) is 0 Å². The van der Waals surface area contributed by atoms with E-state index in [1.807, 2.05) is 0 Å². The molecule has 0 saturated heterocycles. The molecule has 5 heteroatoms. The summed E-state index contributed by atoms with van der Waals surface area (Å²) in [7, 11) is 0. The third-order valence-electron chi connectivity index (χ3n) is 2.47. The van der Waals surface area contributed by atoms with Gasteiger partial charge in [-0.25, -0.2) is 9.18 Å². The lowest BCUT2D eigenvalue weighted by atomic mass is 10.2. The van der Waals surface area contributed by atoms with Crippen LogP contribution in [-0.2, 0) is 6.54 Å². The Kier molecular flexibility index (Phi) is 3.23. The molecule has 1 aromatic heterocycles. The fourth-order valence-electron chi connectivity index (χ4n) is 1.61. The first kappa shape index (κ1) is 12.0. The molecule has 1 heterocycles. The molecule has 0 fully saturated rings. The van der Waals surface area contributed by atoms with Crippen LogP contribution in [0.3, 0.4) is 0 Å². The fraction of sp³-hybridized carbons (Fsp3) is 0.0769. The molecule has 0 bridgehead atoms. The summed E-state index contributed by atoms with van der Waals surface area (Å²) in [4.78, 5) is 22.4. The maximum Gasteiger partial charge on any atom is 0.337 e. The predicted octanol–water partition coefficient (Wildman–Crippen LogP) is 1.73. The van der Waals surface area contributed by atoms with Crippen molar-refractivity contribution in [3.05, 3.63) is 69.9 Å². The van der Waals surface area contributed by atoms with Gasteiger partial charge in [0, 0.05) is 12.3 Å². The van der Waals surface area contributed by atoms with Gasteiger partial charge in [0.25, 0.3) is 5.56 Å². The number of carboxylic acid groups (broad SMARTS) is 1. The van der Waals surface area contributed by atoms with E-state index in [0.29, 0.717) is 5.56 Å². The standard InChI is InChI=1S/C13H10FNO3/c14-11-3-1-2-9(6-11)7-15-8-10(13(17)18)4-5-12(15)16/h1-6,8H,7H2,(H,17,18). The van der Waals surface area contributed by atoms with Crippen molar-refractivity contribution in [3.8, 4) is 0 Å². The Bertz CT molecular complexity index is 649. The van der Waals surface area contributed by atoms with Gasteiger partial charge in [-0.1, -0.05) is 12.1 Å². The molecule has 0 spiro atoms. The first-order valence-electron chi connectivity index (χ1n) is 5.24. The van der Waals surface area contributed by atoms with Gasteiger partial charge in [-0.3, -0.25) is 4.79 Å². The number of pyridine rings is 1. The number of aromatic carboxylic acids is 1. The second kappa shape index (κ2) is 4.83. The molecule has 0 aliphatic carbocycles. The van der Waals surface area contributed by atoms with Crippen LogP contribution in [0.4, 0.5) is 4.39 Å². The Balaban J connectivity index is 2.37. The molecule has 0 aliphatic rings. The summed E-state index contributed by atoms with van der Waals surface area (Å²) in [6.45, 7) is 0.137. The number of halogens is 1. The van der Waals surface area contributed by atoms with E-state index in [1.165, 1.54) is 41.1 Å². The minimum absolute atomic E-state index is 0.0194. The van der Waals surface area contributed by atoms with Crippen molar-refractivity contribution in [1.82, 2.24) is 4.57 Å². The van der Waals surface area contributed by atoms with Gasteiger partial charge in [-0.2, -0.15) is 0 Å². The lowest BCUT2D eigenvalue weighted by molar-refractivity contribution is 0.0696. The first-order chi connectivity index (χ1) is 8.56. The number of benzene rings is 1. The van der Waals surface area contributed by atoms with Crippen LogP contribution in [0.25, 0.3) is 0 Å². The van der Waals surface area contributed by atoms with Crippen LogP contribution in [0.2, 0.25) is 0 Å². The normalized spacial score (nSPS) is 10.3. The summed E-state index contributed by atoms with van der Waals surface area (Å²) in [5.41, 5.74) is 0.287. The third kappa shape index (κ3) is 2.63. The number of hydrogen-bond acceptors (Lipinski definition) is 2. The van der Waals surface area contributed by atoms with Crippen molar-refractivity contribution in [2.24, 2.45) is 0 Å². The summed E-state index contributed by atoms with van der Waals surface area (Å²) in [5.74, 6) is -1.50. The Morgan fingerprint density at radius 3 is 2.72 bits per heavy atom. The molecule has 0 atom stereocenters. The minimum atomic E-state index is -1.11. The highest BCUT2D eigenvalue weighted by molar-refractivity contribution is 5.87. The zero-order chi connectivity index (χ0) is 13.1. The first-order valence-corrected chi connectivity index (χ1v) is 5.24. The maximum absolute atomic E-state index is 13.0. The number of carbonyl (C=O) groups is 1. The predicted molar refractivity (Wildman–Crippen MR) is 63.2 cm³/mol. The molecule has 18 heavy (non-hydrogen) atoms. The summed E-state index contributed by atoms with van der Waals surface area (Å²) < 4.78 is 14.2. The largest absolute Gasteiger partial charge is 0.478 e. The van der Waals surface area contributed by atoms with Crippen LogP contribution >= 0.6 is 0 Å². The van der Waals surface area contributed by atoms with Crippen LogP contribution < -0.4 is 5.56 Å². The highest BCUT2D eigenvalue weighted by atomic mass is 19.1. The van der Waals surface area contributed by atoms with Gasteiger partial charge in [0.15, 0.2) is 0 Å². The van der Waals surface area contributed by atoms with Crippen molar-refractivity contribution in [1.29, 1.82) is 0 Å². The fourth-order valence-corrected chi connectivity index (χ4v) is 1.61. The van der Waals surface area contributed by atoms with Gasteiger partial charge < -0.3 is 9.67 Å². The van der Waals surface area contributed by atoms with Crippen molar-refractivity contribution >= 4 is 5.97 Å². The van der Waals surface area contributed by atoms with Crippen LogP contribution in [0.15, 0.2) is 47.4 Å². The van der Waals surface area contributed by atoms with E-state index in [9.17, 15) is 14.0 Å². The van der Waals surface area contributed by atoms with Crippen LogP contribution in [0, 0.1) is 5.82 Å². The smallest absolute Gasteiger partial charge is 0.337 e. The lowest BCUT2D eigenvalue weighted by Crippen LogP contribution is -2.20. The third-order valence-corrected chi connectivity index (χ3v) is 2.47. The molecule has 0 aliphatic heterocycles. The molecular weight excluding hydrogens is 237 g/mol. The van der Waals surface area contributed by atoms with Crippen molar-refractivity contribution in [2.75, 3.05) is 0 Å². The maximum atomic E-state index is 13.0.